The number of carbonyl (C=O) groups excluding carboxylic acids is 1. The standard InChI is InChI=1S/C21H23N7O.C2HF3O2/c1-28-12-15-4-2-5-18(10-15)26-21-25-14-24-20(27-21)16-7-9-22-17(11-16)6-3-8-23-19(29)13-28;3-2(4,5)1(6)7/h2,4-5,7,9-11,14H,3,6,8,12-13H2,1H3,(H,23,29)(H,24,25,26,27);(H,6,7). The van der Waals surface area contributed by atoms with Gasteiger partial charge in [-0.3, -0.25) is 14.7 Å². The SMILES string of the molecule is CN1CC(=O)NCCCc2cc(ccn2)-c2ncnc(n2)Nc2cccc(c2)C1.O=C(O)C(F)(F)F. The summed E-state index contributed by atoms with van der Waals surface area (Å²) >= 11 is 0. The van der Waals surface area contributed by atoms with Gasteiger partial charge in [0, 0.05) is 36.2 Å². The van der Waals surface area contributed by atoms with Gasteiger partial charge < -0.3 is 15.7 Å². The second-order valence-corrected chi connectivity index (χ2v) is 7.92. The lowest BCUT2D eigenvalue weighted by Crippen LogP contribution is -2.35. The van der Waals surface area contributed by atoms with Crippen LogP contribution in [0.15, 0.2) is 48.9 Å². The highest BCUT2D eigenvalue weighted by atomic mass is 19.4. The first-order valence-electron chi connectivity index (χ1n) is 10.9. The van der Waals surface area contributed by atoms with Crippen molar-refractivity contribution in [2.45, 2.75) is 25.6 Å². The lowest BCUT2D eigenvalue weighted by atomic mass is 10.1. The molecule has 3 aromatic rings. The van der Waals surface area contributed by atoms with Gasteiger partial charge in [0.05, 0.1) is 6.54 Å². The minimum atomic E-state index is -5.08. The number of carboxylic acids is 1. The summed E-state index contributed by atoms with van der Waals surface area (Å²) in [7, 11) is 1.94. The Bertz CT molecular complexity index is 1210. The number of anilines is 2. The summed E-state index contributed by atoms with van der Waals surface area (Å²) in [6.07, 6.45) is -0.226. The average Bonchev–Trinajstić information content (AvgIpc) is 2.82. The summed E-state index contributed by atoms with van der Waals surface area (Å²) in [5.41, 5.74) is 3.81. The molecule has 0 spiro atoms. The van der Waals surface area contributed by atoms with Crippen LogP contribution in [0.25, 0.3) is 11.4 Å². The van der Waals surface area contributed by atoms with E-state index in [4.69, 9.17) is 9.90 Å². The summed E-state index contributed by atoms with van der Waals surface area (Å²) < 4.78 is 31.7. The molecule has 1 aromatic carbocycles. The molecule has 2 aromatic heterocycles. The number of fused-ring (bicyclic) bond motifs is 7. The molecular formula is C23H24F3N7O3. The van der Waals surface area contributed by atoms with Crippen molar-refractivity contribution >= 4 is 23.5 Å². The Labute approximate surface area is 204 Å². The van der Waals surface area contributed by atoms with Gasteiger partial charge in [-0.15, -0.1) is 0 Å². The van der Waals surface area contributed by atoms with Crippen LogP contribution in [0, 0.1) is 0 Å². The molecule has 1 aliphatic heterocycles. The quantitative estimate of drug-likeness (QED) is 0.423. The molecule has 13 heteroatoms. The minimum absolute atomic E-state index is 0.0252. The summed E-state index contributed by atoms with van der Waals surface area (Å²) in [4.78, 5) is 40.6. The molecule has 4 rings (SSSR count). The largest absolute Gasteiger partial charge is 0.490 e. The number of nitrogens with one attached hydrogen (secondary N) is 2. The van der Waals surface area contributed by atoms with Gasteiger partial charge in [-0.05, 0) is 49.7 Å². The van der Waals surface area contributed by atoms with Gasteiger partial charge in [-0.25, -0.2) is 14.8 Å². The van der Waals surface area contributed by atoms with Gasteiger partial charge in [0.25, 0.3) is 0 Å². The predicted octanol–water partition coefficient (Wildman–Crippen LogP) is 2.80. The van der Waals surface area contributed by atoms with Crippen molar-refractivity contribution < 1.29 is 27.9 Å². The lowest BCUT2D eigenvalue weighted by Gasteiger charge is -2.17. The zero-order valence-electron chi connectivity index (χ0n) is 19.3. The zero-order chi connectivity index (χ0) is 26.1. The van der Waals surface area contributed by atoms with Crippen molar-refractivity contribution in [2.24, 2.45) is 0 Å². The number of aromatic nitrogens is 4. The van der Waals surface area contributed by atoms with Crippen LogP contribution in [0.1, 0.15) is 17.7 Å². The average molecular weight is 503 g/mol. The molecular weight excluding hydrogens is 479 g/mol. The van der Waals surface area contributed by atoms with E-state index in [9.17, 15) is 18.0 Å². The number of hydrogen-bond donors (Lipinski definition) is 3. The number of aryl methyl sites for hydroxylation is 1. The van der Waals surface area contributed by atoms with Crippen LogP contribution in [0.3, 0.4) is 0 Å². The lowest BCUT2D eigenvalue weighted by molar-refractivity contribution is -0.192. The Hall–Kier alpha value is -4.13. The van der Waals surface area contributed by atoms with E-state index >= 15 is 0 Å². The summed E-state index contributed by atoms with van der Waals surface area (Å²) in [6, 6.07) is 11.9. The first-order chi connectivity index (χ1) is 17.1. The Morgan fingerprint density at radius 2 is 1.89 bits per heavy atom. The molecule has 1 amide bonds. The van der Waals surface area contributed by atoms with Crippen molar-refractivity contribution in [1.29, 1.82) is 0 Å². The third-order valence-corrected chi connectivity index (χ3v) is 4.87. The highest BCUT2D eigenvalue weighted by molar-refractivity contribution is 5.78. The molecule has 3 N–H and O–H groups in total. The van der Waals surface area contributed by atoms with E-state index in [2.05, 4.69) is 30.6 Å². The molecule has 3 heterocycles. The van der Waals surface area contributed by atoms with E-state index in [1.54, 1.807) is 6.20 Å². The van der Waals surface area contributed by atoms with Gasteiger partial charge in [0.1, 0.15) is 6.33 Å². The molecule has 190 valence electrons. The number of halogens is 3. The number of amides is 1. The molecule has 0 saturated carbocycles. The Kier molecular flexibility index (Phi) is 8.84. The Balaban J connectivity index is 0.000000454. The fourth-order valence-electron chi connectivity index (χ4n) is 3.29. The van der Waals surface area contributed by atoms with Gasteiger partial charge in [0.15, 0.2) is 5.82 Å². The Morgan fingerprint density at radius 1 is 1.11 bits per heavy atom. The molecule has 0 radical (unpaired) electrons. The molecule has 1 aliphatic rings. The Morgan fingerprint density at radius 3 is 2.64 bits per heavy atom. The van der Waals surface area contributed by atoms with Crippen molar-refractivity contribution in [3.05, 3.63) is 60.2 Å². The normalized spacial score (nSPS) is 14.7. The highest BCUT2D eigenvalue weighted by Gasteiger charge is 2.38. The predicted molar refractivity (Wildman–Crippen MR) is 124 cm³/mol. The summed E-state index contributed by atoms with van der Waals surface area (Å²) in [5, 5.41) is 13.4. The number of carboxylic acid groups (broad SMARTS) is 1. The van der Waals surface area contributed by atoms with Crippen LogP contribution in [-0.4, -0.2) is 68.1 Å². The first-order valence-corrected chi connectivity index (χ1v) is 10.9. The highest BCUT2D eigenvalue weighted by Crippen LogP contribution is 2.20. The maximum absolute atomic E-state index is 12.2. The van der Waals surface area contributed by atoms with Crippen LogP contribution in [-0.2, 0) is 22.6 Å². The maximum Gasteiger partial charge on any atom is 0.490 e. The number of carbonyl (C=O) groups is 2. The minimum Gasteiger partial charge on any atom is -0.475 e. The van der Waals surface area contributed by atoms with E-state index in [1.807, 2.05) is 48.3 Å². The van der Waals surface area contributed by atoms with E-state index in [-0.39, 0.29) is 5.91 Å². The van der Waals surface area contributed by atoms with E-state index in [0.717, 1.165) is 35.3 Å². The third-order valence-electron chi connectivity index (χ3n) is 4.87. The van der Waals surface area contributed by atoms with Crippen molar-refractivity contribution in [2.75, 3.05) is 25.5 Å². The van der Waals surface area contributed by atoms with Gasteiger partial charge in [-0.1, -0.05) is 12.1 Å². The van der Waals surface area contributed by atoms with E-state index in [0.29, 0.717) is 31.4 Å². The molecule has 0 aliphatic carbocycles. The number of hydrogen-bond acceptors (Lipinski definition) is 8. The number of rotatable bonds is 0. The van der Waals surface area contributed by atoms with Crippen LogP contribution >= 0.6 is 0 Å². The van der Waals surface area contributed by atoms with Crippen LogP contribution in [0.4, 0.5) is 24.8 Å². The van der Waals surface area contributed by atoms with Crippen LogP contribution in [0.2, 0.25) is 0 Å². The summed E-state index contributed by atoms with van der Waals surface area (Å²) in [5.74, 6) is -1.65. The number of pyridine rings is 1. The molecule has 6 bridgehead atoms. The first kappa shape index (κ1) is 26.5. The fraction of sp³-hybridized carbons (Fsp3) is 0.304. The number of nitrogens with zero attached hydrogens (tertiary/aromatic N) is 5. The van der Waals surface area contributed by atoms with Crippen molar-refractivity contribution in [3.8, 4) is 11.4 Å². The number of benzene rings is 1. The van der Waals surface area contributed by atoms with Crippen LogP contribution in [0.5, 0.6) is 0 Å². The van der Waals surface area contributed by atoms with Gasteiger partial charge in [-0.2, -0.15) is 18.2 Å². The van der Waals surface area contributed by atoms with Crippen molar-refractivity contribution in [3.63, 3.8) is 0 Å². The van der Waals surface area contributed by atoms with Crippen LogP contribution < -0.4 is 10.6 Å². The smallest absolute Gasteiger partial charge is 0.475 e. The van der Waals surface area contributed by atoms with Crippen molar-refractivity contribution in [1.82, 2.24) is 30.2 Å². The second kappa shape index (κ2) is 12.0. The molecule has 0 unspecified atom stereocenters. The summed E-state index contributed by atoms with van der Waals surface area (Å²) in [6.45, 7) is 1.63. The molecule has 0 fully saturated rings. The topological polar surface area (TPSA) is 133 Å². The monoisotopic (exact) mass is 503 g/mol. The maximum atomic E-state index is 12.2. The number of aliphatic carboxylic acids is 1. The number of alkyl halides is 3. The molecule has 10 nitrogen and oxygen atoms in total. The third kappa shape index (κ3) is 8.27. The molecule has 0 atom stereocenters. The van der Waals surface area contributed by atoms with E-state index < -0.39 is 12.1 Å². The number of likely N-dealkylation sites (N-methyl/N-ethyl adjacent to an activating group) is 1. The second-order valence-electron chi connectivity index (χ2n) is 7.92. The molecule has 0 saturated heterocycles. The van der Waals surface area contributed by atoms with E-state index in [1.165, 1.54) is 6.33 Å². The molecule has 36 heavy (non-hydrogen) atoms. The zero-order valence-corrected chi connectivity index (χ0v) is 19.3. The fourth-order valence-corrected chi connectivity index (χ4v) is 3.29. The van der Waals surface area contributed by atoms with Gasteiger partial charge >= 0.3 is 12.1 Å². The van der Waals surface area contributed by atoms with Gasteiger partial charge in [0.2, 0.25) is 11.9 Å².